The highest BCUT2D eigenvalue weighted by Gasteiger charge is 2.66. The van der Waals surface area contributed by atoms with Crippen LogP contribution in [0, 0.1) is 64.6 Å². The summed E-state index contributed by atoms with van der Waals surface area (Å²) in [5, 5.41) is 7.00. The molecule has 4 rings (SSSR count). The third-order valence-electron chi connectivity index (χ3n) is 12.9. The van der Waals surface area contributed by atoms with Gasteiger partial charge in [0, 0.05) is 39.1 Å². The van der Waals surface area contributed by atoms with E-state index in [-0.39, 0.29) is 11.8 Å². The first-order chi connectivity index (χ1) is 24.8. The van der Waals surface area contributed by atoms with E-state index in [2.05, 4.69) is 67.9 Å². The van der Waals surface area contributed by atoms with Gasteiger partial charge in [0.1, 0.15) is 5.78 Å². The molecule has 0 radical (unpaired) electrons. The molecule has 4 fully saturated rings. The largest absolute Gasteiger partial charge is 0.498 e. The van der Waals surface area contributed by atoms with E-state index in [0.717, 1.165) is 75.8 Å². The van der Waals surface area contributed by atoms with E-state index in [4.69, 9.17) is 14.6 Å². The van der Waals surface area contributed by atoms with Crippen molar-refractivity contribution in [1.29, 1.82) is 0 Å². The van der Waals surface area contributed by atoms with Crippen molar-refractivity contribution in [1.82, 2.24) is 0 Å². The SMILES string of the molecule is C=C(CC(C(=O)C1CC2C(C1C)C2(C)C)C1CCCC(C(=C)CCC2CC2)C1)OCC(C)C.C=CCCCC(=C)C(CCC)CCOC.CC.CO. The van der Waals surface area contributed by atoms with E-state index >= 15 is 0 Å². The number of unbranched alkanes of at least 4 members (excludes halogenated alkanes) is 1. The van der Waals surface area contributed by atoms with Crippen LogP contribution in [0.25, 0.3) is 0 Å². The van der Waals surface area contributed by atoms with E-state index in [1.807, 2.05) is 19.9 Å². The molecule has 0 aliphatic heterocycles. The van der Waals surface area contributed by atoms with Crippen molar-refractivity contribution in [3.05, 3.63) is 49.3 Å². The topological polar surface area (TPSA) is 55.8 Å². The monoisotopic (exact) mass is 727 g/mol. The van der Waals surface area contributed by atoms with Crippen LogP contribution >= 0.6 is 0 Å². The minimum Gasteiger partial charge on any atom is -0.498 e. The van der Waals surface area contributed by atoms with Crippen LogP contribution in [0.2, 0.25) is 0 Å². The first kappa shape index (κ1) is 48.4. The van der Waals surface area contributed by atoms with Gasteiger partial charge in [-0.05, 0) is 123 Å². The molecule has 0 saturated heterocycles. The van der Waals surface area contributed by atoms with Gasteiger partial charge in [0.25, 0.3) is 0 Å². The van der Waals surface area contributed by atoms with Gasteiger partial charge in [-0.2, -0.15) is 0 Å². The van der Waals surface area contributed by atoms with E-state index in [0.29, 0.717) is 47.4 Å². The normalized spacial score (nSPS) is 26.5. The highest BCUT2D eigenvalue weighted by atomic mass is 16.5. The molecule has 4 heteroatoms. The molecule has 0 aromatic carbocycles. The Labute approximate surface area is 323 Å². The summed E-state index contributed by atoms with van der Waals surface area (Å²) in [5.74, 6) is 6.88. The first-order valence-corrected chi connectivity index (χ1v) is 21.6. The van der Waals surface area contributed by atoms with Crippen LogP contribution in [0.15, 0.2) is 49.3 Å². The second-order valence-electron chi connectivity index (χ2n) is 17.5. The minimum absolute atomic E-state index is 0.0803. The van der Waals surface area contributed by atoms with Crippen molar-refractivity contribution < 1.29 is 19.4 Å². The highest BCUT2D eigenvalue weighted by molar-refractivity contribution is 5.85. The molecule has 0 bridgehead atoms. The molecule has 52 heavy (non-hydrogen) atoms. The third-order valence-corrected chi connectivity index (χ3v) is 12.9. The van der Waals surface area contributed by atoms with Crippen molar-refractivity contribution in [2.24, 2.45) is 64.6 Å². The lowest BCUT2D eigenvalue weighted by Crippen LogP contribution is -2.36. The summed E-state index contributed by atoms with van der Waals surface area (Å²) >= 11 is 0. The molecule has 0 heterocycles. The molecule has 0 aromatic heterocycles. The maximum atomic E-state index is 14.1. The predicted molar refractivity (Wildman–Crippen MR) is 225 cm³/mol. The number of Topliss-reactive ketones (excluding diaryl/α,β-unsaturated/α-hetero) is 1. The molecule has 302 valence electrons. The van der Waals surface area contributed by atoms with Crippen molar-refractivity contribution in [2.45, 2.75) is 158 Å². The van der Waals surface area contributed by atoms with Crippen LogP contribution in [0.4, 0.5) is 0 Å². The number of methoxy groups -OCH3 is 1. The Kier molecular flexibility index (Phi) is 23.7. The molecule has 0 amide bonds. The second-order valence-corrected chi connectivity index (χ2v) is 17.5. The molecule has 4 saturated carbocycles. The maximum absolute atomic E-state index is 14.1. The Morgan fingerprint density at radius 1 is 1.00 bits per heavy atom. The zero-order chi connectivity index (χ0) is 39.4. The fraction of sp³-hybridized carbons (Fsp3) is 0.812. The Morgan fingerprint density at radius 3 is 2.21 bits per heavy atom. The molecule has 4 aliphatic carbocycles. The average Bonchev–Trinajstić information content (AvgIpc) is 4.03. The summed E-state index contributed by atoms with van der Waals surface area (Å²) in [6.07, 6.45) is 21.1. The fourth-order valence-electron chi connectivity index (χ4n) is 9.56. The smallest absolute Gasteiger partial charge is 0.140 e. The summed E-state index contributed by atoms with van der Waals surface area (Å²) < 4.78 is 11.1. The number of allylic oxidation sites excluding steroid dienone is 4. The maximum Gasteiger partial charge on any atom is 0.140 e. The van der Waals surface area contributed by atoms with Gasteiger partial charge in [-0.25, -0.2) is 0 Å². The quantitative estimate of drug-likeness (QED) is 0.0685. The van der Waals surface area contributed by atoms with Crippen LogP contribution in [0.3, 0.4) is 0 Å². The first-order valence-electron chi connectivity index (χ1n) is 21.6. The lowest BCUT2D eigenvalue weighted by molar-refractivity contribution is -0.131. The molecule has 8 atom stereocenters. The zero-order valence-electron chi connectivity index (χ0n) is 36.1. The fourth-order valence-corrected chi connectivity index (χ4v) is 9.56. The van der Waals surface area contributed by atoms with Crippen LogP contribution < -0.4 is 0 Å². The van der Waals surface area contributed by atoms with Gasteiger partial charge in [0.05, 0.1) is 12.4 Å². The molecule has 0 spiro atoms. The third kappa shape index (κ3) is 15.6. The number of carbonyl (C=O) groups is 1. The average molecular weight is 727 g/mol. The van der Waals surface area contributed by atoms with E-state index in [9.17, 15) is 4.79 Å². The summed E-state index contributed by atoms with van der Waals surface area (Å²) in [5.41, 5.74) is 3.31. The van der Waals surface area contributed by atoms with Crippen molar-refractivity contribution in [3.8, 4) is 0 Å². The van der Waals surface area contributed by atoms with Gasteiger partial charge in [-0.15, -0.1) is 6.58 Å². The van der Waals surface area contributed by atoms with Gasteiger partial charge in [-0.3, -0.25) is 4.79 Å². The lowest BCUT2D eigenvalue weighted by Gasteiger charge is -2.37. The number of carbonyl (C=O) groups excluding carboxylic acids is 1. The van der Waals surface area contributed by atoms with Crippen LogP contribution in [-0.2, 0) is 14.3 Å². The number of ketones is 1. The van der Waals surface area contributed by atoms with Gasteiger partial charge in [-0.1, -0.05) is 118 Å². The number of aliphatic hydroxyl groups excluding tert-OH is 1. The Hall–Kier alpha value is -1.65. The molecule has 8 unspecified atom stereocenters. The number of rotatable bonds is 22. The van der Waals surface area contributed by atoms with Crippen molar-refractivity contribution >= 4 is 5.78 Å². The van der Waals surface area contributed by atoms with Crippen LogP contribution in [0.5, 0.6) is 0 Å². The number of fused-ring (bicyclic) bond motifs is 1. The Morgan fingerprint density at radius 2 is 1.67 bits per heavy atom. The van der Waals surface area contributed by atoms with E-state index in [1.165, 1.54) is 75.4 Å². The van der Waals surface area contributed by atoms with Gasteiger partial charge >= 0.3 is 0 Å². The molecule has 4 aliphatic rings. The van der Waals surface area contributed by atoms with E-state index in [1.54, 1.807) is 7.11 Å². The summed E-state index contributed by atoms with van der Waals surface area (Å²) in [6, 6.07) is 0. The van der Waals surface area contributed by atoms with Gasteiger partial charge in [0.2, 0.25) is 0 Å². The van der Waals surface area contributed by atoms with Crippen LogP contribution in [0.1, 0.15) is 158 Å². The number of ether oxygens (including phenoxy) is 2. The second kappa shape index (κ2) is 25.4. The molecule has 0 aromatic rings. The predicted octanol–water partition coefficient (Wildman–Crippen LogP) is 13.2. The standard InChI is InChI=1S/C31H50O2.C14H26O.C2H6.CH4O/c1-19(2)18-33-21(4)15-27(30(32)26-17-28-29(22(26)5)31(28,6)7)25-10-8-9-24(16-25)20(3)11-12-23-13-14-23;1-5-7-8-10-13(3)14(9-6-2)11-12-15-4;2*1-2/h19,22-29H,3-4,8-18H2,1-2,5-7H3;5,14H,1,3,6-12H2,2,4H3;1-2H3;2H,1H3. The number of hydrogen-bond donors (Lipinski definition) is 1. The number of hydrogen-bond acceptors (Lipinski definition) is 4. The molecular formula is C48H86O4. The Balaban J connectivity index is 0.000000601. The lowest BCUT2D eigenvalue weighted by atomic mass is 9.67. The molecule has 4 nitrogen and oxygen atoms in total. The molecular weight excluding hydrogens is 641 g/mol. The Bertz CT molecular complexity index is 1050. The van der Waals surface area contributed by atoms with Crippen molar-refractivity contribution in [2.75, 3.05) is 27.4 Å². The van der Waals surface area contributed by atoms with Gasteiger partial charge in [0.15, 0.2) is 0 Å². The minimum atomic E-state index is 0.0803. The number of aliphatic hydroxyl groups is 1. The van der Waals surface area contributed by atoms with E-state index < -0.39 is 0 Å². The van der Waals surface area contributed by atoms with Crippen molar-refractivity contribution in [3.63, 3.8) is 0 Å². The zero-order valence-corrected chi connectivity index (χ0v) is 36.1. The molecule has 1 N–H and O–H groups in total. The highest BCUT2D eigenvalue weighted by Crippen LogP contribution is 2.71. The summed E-state index contributed by atoms with van der Waals surface area (Å²) in [7, 11) is 2.77. The summed E-state index contributed by atoms with van der Waals surface area (Å²) in [6.45, 7) is 36.0. The van der Waals surface area contributed by atoms with Gasteiger partial charge < -0.3 is 14.6 Å². The summed E-state index contributed by atoms with van der Waals surface area (Å²) in [4.78, 5) is 14.1. The van der Waals surface area contributed by atoms with Crippen LogP contribution in [-0.4, -0.2) is 38.3 Å².